The van der Waals surface area contributed by atoms with Gasteiger partial charge in [0.15, 0.2) is 10.0 Å². The molecule has 0 amide bonds. The quantitative estimate of drug-likeness (QED) is 0.0636. The van der Waals surface area contributed by atoms with E-state index in [0.717, 1.165) is 15.8 Å². The van der Waals surface area contributed by atoms with Gasteiger partial charge in [0, 0.05) is 28.4 Å². The lowest BCUT2D eigenvalue weighted by Crippen LogP contribution is -2.13. The minimum absolute atomic E-state index is 0.0802. The summed E-state index contributed by atoms with van der Waals surface area (Å²) in [5, 5.41) is 1.18. The van der Waals surface area contributed by atoms with Gasteiger partial charge in [-0.1, -0.05) is 95.2 Å². The van der Waals surface area contributed by atoms with Gasteiger partial charge in [0.2, 0.25) is 0 Å². The minimum Gasteiger partial charge on any atom is -0.384 e. The van der Waals surface area contributed by atoms with Crippen molar-refractivity contribution in [3.05, 3.63) is 179 Å². The predicted molar refractivity (Wildman–Crippen MR) is 244 cm³/mol. The number of anilines is 4. The van der Waals surface area contributed by atoms with E-state index in [1.54, 1.807) is 91.0 Å². The number of nitrogens with zero attached hydrogens (tertiary/aromatic N) is 4. The lowest BCUT2D eigenvalue weighted by molar-refractivity contribution is 0.599. The molecule has 0 spiro atoms. The number of thiazole rings is 1. The van der Waals surface area contributed by atoms with Gasteiger partial charge in [-0.05, 0) is 72.8 Å². The van der Waals surface area contributed by atoms with E-state index in [1.165, 1.54) is 53.8 Å². The minimum atomic E-state index is -3.68. The number of pyridine rings is 3. The molecule has 1 aliphatic carbocycles. The van der Waals surface area contributed by atoms with Crippen LogP contribution in [0.1, 0.15) is 0 Å². The molecule has 6 N–H and O–H groups in total. The predicted octanol–water partition coefficient (Wildman–Crippen LogP) is 8.96. The maximum absolute atomic E-state index is 12.5. The summed E-state index contributed by atoms with van der Waals surface area (Å²) in [7, 11) is -5.83. The maximum Gasteiger partial charge on any atom is 0.307 e. The lowest BCUT2D eigenvalue weighted by Gasteiger charge is -2.09. The summed E-state index contributed by atoms with van der Waals surface area (Å²) in [4.78, 5) is 16.7. The highest BCUT2D eigenvalue weighted by molar-refractivity contribution is 8.17. The molecule has 21 heteroatoms. The number of halogens is 3. The number of hydrogen-bond acceptors (Lipinski definition) is 13. The molecule has 3 aromatic carbocycles. The Balaban J connectivity index is 0.000000172. The summed E-state index contributed by atoms with van der Waals surface area (Å²) in [5.74, 6) is 0.911. The first-order chi connectivity index (χ1) is 29.0. The molecule has 0 aliphatic heterocycles. The van der Waals surface area contributed by atoms with E-state index in [1.807, 2.05) is 24.3 Å². The van der Waals surface area contributed by atoms with Crippen LogP contribution in [0.15, 0.2) is 172 Å². The number of nitrogens with two attached hydrogens (primary N) is 2. The zero-order chi connectivity index (χ0) is 44.0. The molecule has 1 aliphatic rings. The van der Waals surface area contributed by atoms with Crippen LogP contribution in [-0.2, 0) is 29.1 Å². The average molecular weight is 955 g/mol. The Morgan fingerprint density at radius 3 is 1.66 bits per heavy atom. The standard InChI is InChI=1S/C18H14N4O2S2.C11H9ClN2O2S.C6H4ClO2S.C5H5ClN2/c19-18-21-15-10-9-12(11-16(15)25-18)14-7-4-8-17(20-14)22-26(23,24)13-5-2-1-3-6-13;12-10-7-4-8-11(13-10)14-17(15,16)9-5-2-1-3-6-9;7-10(8,9)6-4-2-1-3-5-6;6-4-2-1-3-5(7)8-4/h1-11H,(H2,19,21)(H,20,22);1-8H,(H,13,14);1-2,4-5H;1-3H,(H2,7,8)/q;;+1;. The number of allylic oxidation sites excluding steroid dienone is 5. The molecule has 4 aromatic heterocycles. The largest absolute Gasteiger partial charge is 0.384 e. The number of sulfonamides is 2. The van der Waals surface area contributed by atoms with Crippen molar-refractivity contribution < 1.29 is 25.3 Å². The molecule has 14 nitrogen and oxygen atoms in total. The topological polar surface area (TPSA) is 230 Å². The number of aromatic nitrogens is 4. The highest BCUT2D eigenvalue weighted by Crippen LogP contribution is 2.29. The fourth-order valence-electron chi connectivity index (χ4n) is 4.76. The molecule has 8 rings (SSSR count). The Bertz CT molecular complexity index is 3030. The molecule has 0 bridgehead atoms. The van der Waals surface area contributed by atoms with E-state index in [4.69, 9.17) is 45.4 Å². The third-order valence-corrected chi connectivity index (χ3v) is 12.8. The third kappa shape index (κ3) is 14.3. The first-order valence-electron chi connectivity index (χ1n) is 17.2. The molecule has 0 saturated carbocycles. The summed E-state index contributed by atoms with van der Waals surface area (Å²) >= 11 is 12.5. The summed E-state index contributed by atoms with van der Waals surface area (Å²) in [6, 6.07) is 37.0. The normalized spacial score (nSPS) is 11.9. The maximum atomic E-state index is 12.5. The summed E-state index contributed by atoms with van der Waals surface area (Å²) in [6.45, 7) is 0. The molecule has 7 aromatic rings. The van der Waals surface area contributed by atoms with Gasteiger partial charge >= 0.3 is 9.05 Å². The number of fused-ring (bicyclic) bond motifs is 1. The molecule has 0 unspecified atom stereocenters. The van der Waals surface area contributed by atoms with Crippen LogP contribution in [0.2, 0.25) is 10.3 Å². The van der Waals surface area contributed by atoms with Crippen LogP contribution in [0, 0.1) is 6.08 Å². The van der Waals surface area contributed by atoms with Gasteiger partial charge in [-0.2, -0.15) is 8.42 Å². The van der Waals surface area contributed by atoms with Crippen molar-refractivity contribution in [2.45, 2.75) is 9.79 Å². The zero-order valence-electron chi connectivity index (χ0n) is 31.2. The smallest absolute Gasteiger partial charge is 0.307 e. The van der Waals surface area contributed by atoms with Crippen LogP contribution in [0.25, 0.3) is 21.5 Å². The first-order valence-corrected chi connectivity index (χ1v) is 24.0. The fourth-order valence-corrected chi connectivity index (χ4v) is 8.65. The van der Waals surface area contributed by atoms with Crippen molar-refractivity contribution in [1.82, 2.24) is 19.9 Å². The number of hydrogen-bond donors (Lipinski definition) is 4. The van der Waals surface area contributed by atoms with Crippen molar-refractivity contribution in [1.29, 1.82) is 0 Å². The molecule has 0 saturated heterocycles. The Morgan fingerprint density at radius 2 is 1.16 bits per heavy atom. The van der Waals surface area contributed by atoms with Gasteiger partial charge in [-0.25, -0.2) is 36.8 Å². The first kappa shape index (κ1) is 46.1. The Morgan fingerprint density at radius 1 is 0.607 bits per heavy atom. The molecule has 0 radical (unpaired) electrons. The second-order valence-corrected chi connectivity index (χ2v) is 19.7. The molecule has 4 heterocycles. The Hall–Kier alpha value is -5.95. The van der Waals surface area contributed by atoms with E-state index in [0.29, 0.717) is 21.8 Å². The van der Waals surface area contributed by atoms with Crippen molar-refractivity contribution in [2.75, 3.05) is 20.9 Å². The molecular weight excluding hydrogens is 923 g/mol. The van der Waals surface area contributed by atoms with Crippen LogP contribution in [0.3, 0.4) is 0 Å². The summed E-state index contributed by atoms with van der Waals surface area (Å²) in [5.41, 5.74) is 13.4. The van der Waals surface area contributed by atoms with E-state index in [2.05, 4.69) is 35.5 Å². The lowest BCUT2D eigenvalue weighted by atomic mass is 10.1. The summed E-state index contributed by atoms with van der Waals surface area (Å²) < 4.78 is 75.7. The SMILES string of the molecule is Nc1cccc(Cl)n1.Nc1nc2ccc(-c3cccc(NS(=O)(=O)c4ccccc4)n3)cc2s1.O=S(=O)(Cl)C1=CC=C[C+]=C1.O=S(=O)(Nc1cccc(Cl)n1)c1ccccc1. The number of benzene rings is 3. The van der Waals surface area contributed by atoms with Gasteiger partial charge in [0.1, 0.15) is 39.9 Å². The zero-order valence-corrected chi connectivity index (χ0v) is 36.7. The highest BCUT2D eigenvalue weighted by atomic mass is 35.7. The van der Waals surface area contributed by atoms with Crippen molar-refractivity contribution in [3.63, 3.8) is 0 Å². The second kappa shape index (κ2) is 21.0. The van der Waals surface area contributed by atoms with E-state index < -0.39 is 29.1 Å². The van der Waals surface area contributed by atoms with E-state index >= 15 is 0 Å². The van der Waals surface area contributed by atoms with Gasteiger partial charge in [-0.15, -0.1) is 0 Å². The monoisotopic (exact) mass is 953 g/mol. The second-order valence-electron chi connectivity index (χ2n) is 11.9. The van der Waals surface area contributed by atoms with Crippen molar-refractivity contribution >= 4 is 107 Å². The van der Waals surface area contributed by atoms with Gasteiger partial charge in [0.25, 0.3) is 20.0 Å². The Labute approximate surface area is 370 Å². The average Bonchev–Trinajstić information content (AvgIpc) is 3.61. The van der Waals surface area contributed by atoms with Crippen LogP contribution >= 0.6 is 45.2 Å². The van der Waals surface area contributed by atoms with Crippen molar-refractivity contribution in [3.8, 4) is 11.3 Å². The molecule has 0 fully saturated rings. The highest BCUT2D eigenvalue weighted by Gasteiger charge is 2.18. The van der Waals surface area contributed by atoms with Gasteiger partial charge in [0.05, 0.1) is 31.8 Å². The molecule has 0 atom stereocenters. The van der Waals surface area contributed by atoms with E-state index in [9.17, 15) is 25.3 Å². The Kier molecular flexibility index (Phi) is 15.9. The third-order valence-electron chi connectivity index (χ3n) is 7.45. The molecular formula is C40H32Cl3N8O6S4+. The number of nitrogen functional groups attached to an aromatic ring is 2. The van der Waals surface area contributed by atoms with Crippen molar-refractivity contribution in [2.24, 2.45) is 0 Å². The fraction of sp³-hybridized carbons (Fsp3) is 0. The number of nitrogens with one attached hydrogen (secondary N) is 2. The molecule has 312 valence electrons. The number of rotatable bonds is 8. The van der Waals surface area contributed by atoms with Crippen LogP contribution in [0.5, 0.6) is 0 Å². The van der Waals surface area contributed by atoms with Gasteiger partial charge < -0.3 is 11.5 Å². The summed E-state index contributed by atoms with van der Waals surface area (Å²) in [6.07, 6.45) is 8.51. The van der Waals surface area contributed by atoms with Crippen LogP contribution in [0.4, 0.5) is 22.6 Å². The van der Waals surface area contributed by atoms with Crippen LogP contribution in [-0.4, -0.2) is 45.2 Å². The van der Waals surface area contributed by atoms with Crippen LogP contribution < -0.4 is 20.9 Å². The van der Waals surface area contributed by atoms with Gasteiger partial charge in [-0.3, -0.25) is 9.44 Å². The van der Waals surface area contributed by atoms with E-state index in [-0.39, 0.29) is 31.5 Å². The molecule has 61 heavy (non-hydrogen) atoms.